The minimum absolute atomic E-state index is 1.06. The molecule has 2 aromatic carbocycles. The molecule has 0 aromatic heterocycles. The van der Waals surface area contributed by atoms with Gasteiger partial charge in [-0.05, 0) is 156 Å². The van der Waals surface area contributed by atoms with Crippen LogP contribution >= 0.6 is 0 Å². The molecule has 2 aliphatic heterocycles. The van der Waals surface area contributed by atoms with E-state index in [-0.39, 0.29) is 0 Å². The van der Waals surface area contributed by atoms with Crippen molar-refractivity contribution in [3.8, 4) is 0 Å². The smallest absolute Gasteiger partial charge is 0.0110 e. The number of rotatable bonds is 10. The monoisotopic (exact) mass is 532 g/mol. The molecule has 0 unspecified atom stereocenters. The van der Waals surface area contributed by atoms with Gasteiger partial charge in [0.2, 0.25) is 0 Å². The minimum atomic E-state index is 1.06. The molecule has 0 bridgehead atoms. The molecule has 2 saturated heterocycles. The molecular formula is C35H56N4. The van der Waals surface area contributed by atoms with Gasteiger partial charge in [0.25, 0.3) is 0 Å². The summed E-state index contributed by atoms with van der Waals surface area (Å²) in [7, 11) is 4.49. The topological polar surface area (TPSA) is 13.0 Å². The van der Waals surface area contributed by atoms with Gasteiger partial charge in [-0.1, -0.05) is 12.1 Å². The number of nitrogens with zero attached hydrogens (tertiary/aromatic N) is 4. The second-order valence-corrected chi connectivity index (χ2v) is 12.9. The number of hydrogen-bond donors (Lipinski definition) is 0. The summed E-state index contributed by atoms with van der Waals surface area (Å²) in [5, 5.41) is 0. The van der Waals surface area contributed by atoms with Gasteiger partial charge in [-0.3, -0.25) is 0 Å². The number of benzene rings is 2. The van der Waals surface area contributed by atoms with E-state index in [4.69, 9.17) is 0 Å². The number of piperazine rings is 2. The van der Waals surface area contributed by atoms with E-state index in [0.717, 1.165) is 6.42 Å². The summed E-state index contributed by atoms with van der Waals surface area (Å²) in [6, 6.07) is 4.92. The standard InChI is InChI=1S/C35H56N4/c1-26-23-28(3)34(30(5)32(26)11-9-13-38-19-15-36(7)16-20-38)25-35-29(4)24-27(2)33(31(35)6)12-10-14-39-21-17-37(8)18-22-39/h23-24H,9-22,25H2,1-8H3. The Morgan fingerprint density at radius 1 is 0.487 bits per heavy atom. The highest BCUT2D eigenvalue weighted by Crippen LogP contribution is 2.31. The maximum Gasteiger partial charge on any atom is 0.0110 e. The highest BCUT2D eigenvalue weighted by molar-refractivity contribution is 5.51. The molecule has 0 atom stereocenters. The van der Waals surface area contributed by atoms with E-state index in [9.17, 15) is 0 Å². The van der Waals surface area contributed by atoms with Gasteiger partial charge in [0, 0.05) is 52.4 Å². The van der Waals surface area contributed by atoms with Crippen molar-refractivity contribution in [3.63, 3.8) is 0 Å². The molecule has 2 fully saturated rings. The van der Waals surface area contributed by atoms with E-state index in [1.54, 1.807) is 33.4 Å². The molecular weight excluding hydrogens is 476 g/mol. The fourth-order valence-electron chi connectivity index (χ4n) is 7.14. The maximum absolute atomic E-state index is 2.66. The average molecular weight is 533 g/mol. The zero-order valence-electron chi connectivity index (χ0n) is 26.6. The van der Waals surface area contributed by atoms with Gasteiger partial charge in [0.1, 0.15) is 0 Å². The van der Waals surface area contributed by atoms with Gasteiger partial charge in [0.05, 0.1) is 0 Å². The Hall–Kier alpha value is -1.72. The van der Waals surface area contributed by atoms with E-state index < -0.39 is 0 Å². The lowest BCUT2D eigenvalue weighted by molar-refractivity contribution is 0.153. The lowest BCUT2D eigenvalue weighted by Crippen LogP contribution is -2.44. The van der Waals surface area contributed by atoms with Crippen LogP contribution in [0.25, 0.3) is 0 Å². The van der Waals surface area contributed by atoms with Crippen LogP contribution in [0.3, 0.4) is 0 Å². The number of hydrogen-bond acceptors (Lipinski definition) is 4. The summed E-state index contributed by atoms with van der Waals surface area (Å²) < 4.78 is 0. The van der Waals surface area contributed by atoms with Crippen molar-refractivity contribution in [2.75, 3.05) is 79.5 Å². The molecule has 0 amide bonds. The van der Waals surface area contributed by atoms with Crippen LogP contribution in [-0.4, -0.2) is 99.1 Å². The van der Waals surface area contributed by atoms with Crippen LogP contribution < -0.4 is 0 Å². The molecule has 2 heterocycles. The van der Waals surface area contributed by atoms with Gasteiger partial charge in [-0.2, -0.15) is 0 Å². The van der Waals surface area contributed by atoms with E-state index in [0.29, 0.717) is 0 Å². The molecule has 4 heteroatoms. The largest absolute Gasteiger partial charge is 0.304 e. The number of likely N-dealkylation sites (N-methyl/N-ethyl adjacent to an activating group) is 2. The van der Waals surface area contributed by atoms with Crippen LogP contribution in [-0.2, 0) is 19.3 Å². The fourth-order valence-corrected chi connectivity index (χ4v) is 7.14. The van der Waals surface area contributed by atoms with Crippen LogP contribution in [0.4, 0.5) is 0 Å². The van der Waals surface area contributed by atoms with Crippen LogP contribution in [0.15, 0.2) is 12.1 Å². The third kappa shape index (κ3) is 7.73. The van der Waals surface area contributed by atoms with Crippen LogP contribution in [0.1, 0.15) is 68.5 Å². The van der Waals surface area contributed by atoms with Crippen molar-refractivity contribution in [3.05, 3.63) is 67.8 Å². The SMILES string of the molecule is Cc1cc(C)c(Cc2c(C)cc(C)c(CCCN3CCN(C)CC3)c2C)c(C)c1CCCN1CCN(C)CC1. The van der Waals surface area contributed by atoms with Crippen molar-refractivity contribution in [2.24, 2.45) is 0 Å². The first kappa shape index (κ1) is 30.2. The van der Waals surface area contributed by atoms with Gasteiger partial charge >= 0.3 is 0 Å². The molecule has 0 spiro atoms. The molecule has 2 aliphatic rings. The average Bonchev–Trinajstić information content (AvgIpc) is 2.89. The molecule has 4 rings (SSSR count). The Kier molecular flexibility index (Phi) is 10.7. The predicted molar refractivity (Wildman–Crippen MR) is 169 cm³/mol. The Balaban J connectivity index is 1.46. The zero-order chi connectivity index (χ0) is 28.1. The first-order chi connectivity index (χ1) is 18.6. The van der Waals surface area contributed by atoms with Crippen molar-refractivity contribution >= 4 is 0 Å². The maximum atomic E-state index is 2.66. The summed E-state index contributed by atoms with van der Waals surface area (Å²) in [6.45, 7) is 26.3. The lowest BCUT2D eigenvalue weighted by Gasteiger charge is -2.32. The van der Waals surface area contributed by atoms with Gasteiger partial charge in [-0.15, -0.1) is 0 Å². The highest BCUT2D eigenvalue weighted by atomic mass is 15.2. The molecule has 4 nitrogen and oxygen atoms in total. The minimum Gasteiger partial charge on any atom is -0.304 e. The van der Waals surface area contributed by atoms with Gasteiger partial charge in [-0.25, -0.2) is 0 Å². The summed E-state index contributed by atoms with van der Waals surface area (Å²) >= 11 is 0. The third-order valence-electron chi connectivity index (χ3n) is 9.93. The van der Waals surface area contributed by atoms with Gasteiger partial charge in [0.15, 0.2) is 0 Å². The normalized spacial score (nSPS) is 18.3. The third-order valence-corrected chi connectivity index (χ3v) is 9.93. The van der Waals surface area contributed by atoms with E-state index >= 15 is 0 Å². The molecule has 216 valence electrons. The molecule has 0 radical (unpaired) electrons. The fraction of sp³-hybridized carbons (Fsp3) is 0.657. The Morgan fingerprint density at radius 3 is 1.18 bits per heavy atom. The molecule has 0 N–H and O–H groups in total. The molecule has 0 aliphatic carbocycles. The highest BCUT2D eigenvalue weighted by Gasteiger charge is 2.18. The van der Waals surface area contributed by atoms with Crippen molar-refractivity contribution in [2.45, 2.75) is 73.6 Å². The van der Waals surface area contributed by atoms with Crippen molar-refractivity contribution in [1.82, 2.24) is 19.6 Å². The second-order valence-electron chi connectivity index (χ2n) is 12.9. The summed E-state index contributed by atoms with van der Waals surface area (Å²) in [5.41, 5.74) is 15.3. The quantitative estimate of drug-likeness (QED) is 0.401. The molecule has 0 saturated carbocycles. The lowest BCUT2D eigenvalue weighted by atomic mass is 9.84. The van der Waals surface area contributed by atoms with Crippen LogP contribution in [0, 0.1) is 41.5 Å². The summed E-state index contributed by atoms with van der Waals surface area (Å²) in [6.07, 6.45) is 5.97. The number of aryl methyl sites for hydroxylation is 4. The summed E-state index contributed by atoms with van der Waals surface area (Å²) in [5.74, 6) is 0. The summed E-state index contributed by atoms with van der Waals surface area (Å²) in [4.78, 5) is 10.2. The molecule has 2 aromatic rings. The Bertz CT molecular complexity index is 1020. The van der Waals surface area contributed by atoms with Crippen LogP contribution in [0.2, 0.25) is 0 Å². The van der Waals surface area contributed by atoms with Gasteiger partial charge < -0.3 is 19.6 Å². The van der Waals surface area contributed by atoms with E-state index in [2.05, 4.69) is 87.4 Å². The first-order valence-corrected chi connectivity index (χ1v) is 15.6. The first-order valence-electron chi connectivity index (χ1n) is 15.6. The van der Waals surface area contributed by atoms with E-state index in [1.165, 1.54) is 113 Å². The predicted octanol–water partition coefficient (Wildman–Crippen LogP) is 5.49. The van der Waals surface area contributed by atoms with Crippen molar-refractivity contribution in [1.29, 1.82) is 0 Å². The van der Waals surface area contributed by atoms with Crippen molar-refractivity contribution < 1.29 is 0 Å². The van der Waals surface area contributed by atoms with E-state index in [1.807, 2.05) is 0 Å². The van der Waals surface area contributed by atoms with Crippen LogP contribution in [0.5, 0.6) is 0 Å². The zero-order valence-corrected chi connectivity index (χ0v) is 26.6. The Labute approximate surface area is 240 Å². The molecule has 39 heavy (non-hydrogen) atoms. The second kappa shape index (κ2) is 13.8. The Morgan fingerprint density at radius 2 is 0.821 bits per heavy atom.